The Hall–Kier alpha value is -0.272. The average molecular weight is 515 g/mol. The van der Waals surface area contributed by atoms with Crippen molar-refractivity contribution in [2.75, 3.05) is 12.4 Å². The minimum Gasteiger partial charge on any atom is -1.00 e. The number of anilines is 1. The molecule has 8 heteroatoms. The summed E-state index contributed by atoms with van der Waals surface area (Å²) in [5.74, 6) is 1.06. The van der Waals surface area contributed by atoms with E-state index < -0.39 is 16.6 Å². The monoisotopic (exact) mass is 514 g/mol. The van der Waals surface area contributed by atoms with Crippen LogP contribution in [0.5, 0.6) is 5.75 Å². The van der Waals surface area contributed by atoms with Crippen molar-refractivity contribution in [2.24, 2.45) is 0 Å². The van der Waals surface area contributed by atoms with Crippen molar-refractivity contribution < 1.29 is 54.1 Å². The molecule has 0 aromatic heterocycles. The summed E-state index contributed by atoms with van der Waals surface area (Å²) >= 11 is 2.34. The fraction of sp³-hybridized carbons (Fsp3) is 0.455. The molecule has 1 N–H and O–H groups in total. The minimum absolute atomic E-state index is 0. The first-order valence-electron chi connectivity index (χ1n) is 9.96. The molecule has 0 saturated heterocycles. The van der Waals surface area contributed by atoms with Gasteiger partial charge in [0.15, 0.2) is 0 Å². The molecule has 4 rings (SSSR count). The molecule has 2 aliphatic rings. The molecule has 0 amide bonds. The van der Waals surface area contributed by atoms with E-state index >= 15 is 0 Å². The summed E-state index contributed by atoms with van der Waals surface area (Å²) in [7, 11) is -1.97. The Morgan fingerprint density at radius 3 is 2.20 bits per heavy atom. The molecule has 30 heavy (non-hydrogen) atoms. The second-order valence-electron chi connectivity index (χ2n) is 10.1. The van der Waals surface area contributed by atoms with Crippen LogP contribution in [0.3, 0.4) is 0 Å². The van der Waals surface area contributed by atoms with E-state index in [1.54, 1.807) is 0 Å². The molecule has 161 valence electrons. The Bertz CT molecular complexity index is 989. The van der Waals surface area contributed by atoms with Gasteiger partial charge in [0.1, 0.15) is 0 Å². The summed E-state index contributed by atoms with van der Waals surface area (Å²) in [4.78, 5) is 0. The standard InChI is InChI=1S/C22H30NO2Si2.2ClH.Ti/c1-22(2,3)23-18-19(25-26(5,6)7)17-15-12-10-9-11-14(15)13-16(17)20-21(18)27(20,8)24-4;;;/h9-13,23H,1-8H3;2*1H;/q;;;+2/p-2. The topological polar surface area (TPSA) is 30.5 Å². The van der Waals surface area contributed by atoms with Gasteiger partial charge in [-0.15, -0.1) is 0 Å². The third-order valence-corrected chi connectivity index (χ3v) is 10.8. The Morgan fingerprint density at radius 2 is 1.67 bits per heavy atom. The third-order valence-electron chi connectivity index (χ3n) is 5.53. The maximum Gasteiger partial charge on any atom is -1.00 e. The van der Waals surface area contributed by atoms with Crippen LogP contribution in [0.25, 0.3) is 11.1 Å². The number of hydrogen-bond acceptors (Lipinski definition) is 3. The second-order valence-corrected chi connectivity index (χ2v) is 18.9. The second kappa shape index (κ2) is 8.25. The molecule has 0 spiro atoms. The van der Waals surface area contributed by atoms with Gasteiger partial charge in [-0.2, -0.15) is 0 Å². The predicted octanol–water partition coefficient (Wildman–Crippen LogP) is -1.62. The fourth-order valence-electron chi connectivity index (χ4n) is 4.39. The van der Waals surface area contributed by atoms with Gasteiger partial charge in [-0.1, -0.05) is 0 Å². The number of benzene rings is 2. The van der Waals surface area contributed by atoms with Crippen molar-refractivity contribution in [3.63, 3.8) is 0 Å². The van der Waals surface area contributed by atoms with Crippen LogP contribution in [0.1, 0.15) is 36.1 Å². The van der Waals surface area contributed by atoms with Gasteiger partial charge < -0.3 is 24.8 Å². The molecular weight excluding hydrogens is 485 g/mol. The molecule has 0 saturated carbocycles. The first-order valence-corrected chi connectivity index (χ1v) is 16.7. The fourth-order valence-corrected chi connectivity index (χ4v) is 9.63. The molecule has 3 nitrogen and oxygen atoms in total. The maximum atomic E-state index is 6.82. The smallest absolute Gasteiger partial charge is 1.00 e. The summed E-state index contributed by atoms with van der Waals surface area (Å²) in [6, 6.07) is 8.83. The Balaban J connectivity index is 0.00000160. The van der Waals surface area contributed by atoms with Crippen molar-refractivity contribution in [2.45, 2.75) is 56.7 Å². The molecule has 0 bridgehead atoms. The van der Waals surface area contributed by atoms with Gasteiger partial charge in [0.2, 0.25) is 0 Å². The zero-order valence-electron chi connectivity index (χ0n) is 19.0. The van der Waals surface area contributed by atoms with Crippen LogP contribution >= 0.6 is 0 Å². The van der Waals surface area contributed by atoms with Crippen molar-refractivity contribution >= 4 is 32.7 Å². The molecule has 2 atom stereocenters. The molecular formula is C22H30Cl2NO2Si2Ti. The number of fused-ring (bicyclic) bond motifs is 5. The molecule has 2 aromatic rings. The van der Waals surface area contributed by atoms with Gasteiger partial charge in [-0.25, -0.2) is 0 Å². The first kappa shape index (κ1) is 26.0. The van der Waals surface area contributed by atoms with Gasteiger partial charge >= 0.3 is 183 Å². The van der Waals surface area contributed by atoms with Crippen molar-refractivity contribution in [1.82, 2.24) is 0 Å². The van der Waals surface area contributed by atoms with E-state index in [-0.39, 0.29) is 30.4 Å². The summed E-state index contributed by atoms with van der Waals surface area (Å²) in [5, 5.41) is 6.71. The Morgan fingerprint density at radius 1 is 1.07 bits per heavy atom. The van der Waals surface area contributed by atoms with Gasteiger partial charge in [-0.05, 0) is 0 Å². The van der Waals surface area contributed by atoms with Crippen LogP contribution in [0.4, 0.5) is 5.69 Å². The van der Waals surface area contributed by atoms with Crippen LogP contribution in [0, 0.1) is 0 Å². The molecule has 2 aromatic carbocycles. The SMILES string of the molecule is CO[Si]1(C)c2c(NC(C)(C)C)c(O[Si](C)(C)C)c3c(c21)[CH]([Ti+2])c1ccccc1-3.[Cl-].[Cl-]. The number of halogens is 2. The average Bonchev–Trinajstić information content (AvgIpc) is 3.08. The van der Waals surface area contributed by atoms with E-state index in [1.807, 2.05) is 7.11 Å². The minimum atomic E-state index is -2.03. The number of hydrogen-bond donors (Lipinski definition) is 1. The molecule has 2 unspecified atom stereocenters. The summed E-state index contributed by atoms with van der Waals surface area (Å²) in [6.07, 6.45) is 0. The zero-order valence-corrected chi connectivity index (χ0v) is 24.0. The van der Waals surface area contributed by atoms with E-state index in [9.17, 15) is 0 Å². The normalized spacial score (nSPS) is 20.9. The van der Waals surface area contributed by atoms with Crippen LogP contribution < -0.4 is 44.9 Å². The Labute approximate surface area is 207 Å². The Kier molecular flexibility index (Phi) is 7.15. The molecule has 0 fully saturated rings. The van der Waals surface area contributed by atoms with Crippen molar-refractivity contribution in [1.29, 1.82) is 0 Å². The van der Waals surface area contributed by atoms with Crippen LogP contribution in [0.15, 0.2) is 24.3 Å². The van der Waals surface area contributed by atoms with E-state index in [0.29, 0.717) is 4.22 Å². The zero-order chi connectivity index (χ0) is 20.6. The van der Waals surface area contributed by atoms with Crippen molar-refractivity contribution in [3.8, 4) is 16.9 Å². The van der Waals surface area contributed by atoms with Crippen LogP contribution in [-0.4, -0.2) is 29.3 Å². The van der Waals surface area contributed by atoms with Gasteiger partial charge in [0, 0.05) is 0 Å². The largest absolute Gasteiger partial charge is 1.00 e. The molecule has 0 radical (unpaired) electrons. The summed E-state index contributed by atoms with van der Waals surface area (Å²) < 4.78 is 13.4. The number of nitrogens with one attached hydrogen (secondary N) is 1. The molecule has 1 aliphatic heterocycles. The van der Waals surface area contributed by atoms with Gasteiger partial charge in [-0.3, -0.25) is 0 Å². The van der Waals surface area contributed by atoms with Gasteiger partial charge in [0.05, 0.1) is 0 Å². The molecule has 1 heterocycles. The summed E-state index contributed by atoms with van der Waals surface area (Å²) in [5.41, 5.74) is 6.65. The van der Waals surface area contributed by atoms with E-state index in [4.69, 9.17) is 8.85 Å². The van der Waals surface area contributed by atoms with E-state index in [2.05, 4.69) is 97.0 Å². The predicted molar refractivity (Wildman–Crippen MR) is 119 cm³/mol. The first-order chi connectivity index (χ1) is 12.9. The van der Waals surface area contributed by atoms with E-state index in [0.717, 1.165) is 5.75 Å². The summed E-state index contributed by atoms with van der Waals surface area (Å²) in [6.45, 7) is 15.8. The quantitative estimate of drug-likeness (QED) is 0.498. The number of rotatable bonds is 4. The van der Waals surface area contributed by atoms with E-state index in [1.165, 1.54) is 38.3 Å². The van der Waals surface area contributed by atoms with Gasteiger partial charge in [0.25, 0.3) is 0 Å². The molecule has 1 aliphatic carbocycles. The van der Waals surface area contributed by atoms with Crippen LogP contribution in [-0.2, 0) is 24.9 Å². The maximum absolute atomic E-state index is 6.82. The van der Waals surface area contributed by atoms with Crippen LogP contribution in [0.2, 0.25) is 26.2 Å². The third kappa shape index (κ3) is 4.07. The van der Waals surface area contributed by atoms with Crippen molar-refractivity contribution in [3.05, 3.63) is 35.4 Å².